The Balaban J connectivity index is 1.33. The van der Waals surface area contributed by atoms with Crippen LogP contribution >= 0.6 is 0 Å². The third-order valence-electron chi connectivity index (χ3n) is 10.6. The Labute approximate surface area is 300 Å². The minimum absolute atomic E-state index is 0.994. The molecule has 0 bridgehead atoms. The lowest BCUT2D eigenvalue weighted by atomic mass is 9.93. The van der Waals surface area contributed by atoms with E-state index >= 15 is 0 Å². The zero-order valence-electron chi connectivity index (χ0n) is 28.2. The van der Waals surface area contributed by atoms with Crippen molar-refractivity contribution in [3.05, 3.63) is 188 Å². The smallest absolute Gasteiger partial charge is 0.0788 e. The van der Waals surface area contributed by atoms with Crippen molar-refractivity contribution in [3.8, 4) is 33.6 Å². The molecule has 11 aromatic rings. The van der Waals surface area contributed by atoms with Crippen LogP contribution in [0.1, 0.15) is 0 Å². The third kappa shape index (κ3) is 4.23. The molecule has 242 valence electrons. The Hall–Kier alpha value is -6.97. The summed E-state index contributed by atoms with van der Waals surface area (Å²) in [4.78, 5) is 5.08. The Morgan fingerprint density at radius 2 is 0.769 bits per heavy atom. The van der Waals surface area contributed by atoms with E-state index in [9.17, 15) is 0 Å². The SMILES string of the molecule is c1ccc(-c2cc(-c3c4ccccc4nc4ccccc34)cc(-n3c4ccccc4c4ccc5c6ccccc6n(-c6ccccc6)c5c43)c2)cc1. The van der Waals surface area contributed by atoms with E-state index in [0.717, 1.165) is 38.7 Å². The van der Waals surface area contributed by atoms with Crippen LogP contribution in [0.5, 0.6) is 0 Å². The van der Waals surface area contributed by atoms with Crippen molar-refractivity contribution in [3.63, 3.8) is 0 Å². The maximum atomic E-state index is 5.08. The molecule has 0 atom stereocenters. The summed E-state index contributed by atoms with van der Waals surface area (Å²) in [6.07, 6.45) is 0. The highest BCUT2D eigenvalue weighted by Crippen LogP contribution is 2.44. The fraction of sp³-hybridized carbons (Fsp3) is 0. The van der Waals surface area contributed by atoms with Gasteiger partial charge in [0.2, 0.25) is 0 Å². The van der Waals surface area contributed by atoms with E-state index in [2.05, 4.69) is 197 Å². The van der Waals surface area contributed by atoms with Crippen molar-refractivity contribution < 1.29 is 0 Å². The summed E-state index contributed by atoms with van der Waals surface area (Å²) >= 11 is 0. The zero-order chi connectivity index (χ0) is 34.2. The van der Waals surface area contributed by atoms with Gasteiger partial charge in [-0.3, -0.25) is 0 Å². The van der Waals surface area contributed by atoms with Gasteiger partial charge in [0.1, 0.15) is 0 Å². The highest BCUT2D eigenvalue weighted by molar-refractivity contribution is 6.24. The second-order valence-electron chi connectivity index (χ2n) is 13.6. The summed E-state index contributed by atoms with van der Waals surface area (Å²) in [5.41, 5.74) is 13.7. The first-order valence-electron chi connectivity index (χ1n) is 17.8. The molecule has 3 nitrogen and oxygen atoms in total. The number of hydrogen-bond acceptors (Lipinski definition) is 1. The Bertz CT molecular complexity index is 3110. The van der Waals surface area contributed by atoms with Gasteiger partial charge in [0, 0.05) is 49.3 Å². The van der Waals surface area contributed by atoms with E-state index in [1.54, 1.807) is 0 Å². The molecule has 0 radical (unpaired) electrons. The van der Waals surface area contributed by atoms with Crippen LogP contribution in [-0.2, 0) is 0 Å². The molecule has 0 aliphatic rings. The molecule has 0 N–H and O–H groups in total. The van der Waals surface area contributed by atoms with Crippen molar-refractivity contribution in [2.45, 2.75) is 0 Å². The number of rotatable bonds is 4. The summed E-state index contributed by atoms with van der Waals surface area (Å²) < 4.78 is 4.96. The van der Waals surface area contributed by atoms with E-state index in [0.29, 0.717) is 0 Å². The first kappa shape index (κ1) is 28.8. The minimum Gasteiger partial charge on any atom is -0.307 e. The molecule has 11 rings (SSSR count). The predicted octanol–water partition coefficient (Wildman–Crippen LogP) is 12.9. The predicted molar refractivity (Wildman–Crippen MR) is 219 cm³/mol. The highest BCUT2D eigenvalue weighted by Gasteiger charge is 2.22. The molecule has 0 spiro atoms. The monoisotopic (exact) mass is 661 g/mol. The molecule has 52 heavy (non-hydrogen) atoms. The minimum atomic E-state index is 0.994. The maximum absolute atomic E-state index is 5.08. The number of aromatic nitrogens is 3. The fourth-order valence-electron chi connectivity index (χ4n) is 8.45. The average molecular weight is 662 g/mol. The van der Waals surface area contributed by atoms with Crippen molar-refractivity contribution >= 4 is 65.4 Å². The topological polar surface area (TPSA) is 22.8 Å². The van der Waals surface area contributed by atoms with Crippen LogP contribution in [0.3, 0.4) is 0 Å². The molecule has 0 unspecified atom stereocenters. The average Bonchev–Trinajstić information content (AvgIpc) is 3.74. The number of hydrogen-bond donors (Lipinski definition) is 0. The molecular weight excluding hydrogens is 631 g/mol. The van der Waals surface area contributed by atoms with Gasteiger partial charge in [-0.1, -0.05) is 133 Å². The molecule has 3 heterocycles. The molecule has 0 aliphatic carbocycles. The third-order valence-corrected chi connectivity index (χ3v) is 10.6. The number of fused-ring (bicyclic) bond motifs is 9. The largest absolute Gasteiger partial charge is 0.307 e. The number of benzene rings is 8. The lowest BCUT2D eigenvalue weighted by Gasteiger charge is -2.17. The first-order chi connectivity index (χ1) is 25.8. The van der Waals surface area contributed by atoms with E-state index in [1.807, 2.05) is 0 Å². The summed E-state index contributed by atoms with van der Waals surface area (Å²) in [5, 5.41) is 7.23. The van der Waals surface area contributed by atoms with E-state index < -0.39 is 0 Å². The molecule has 0 saturated carbocycles. The zero-order valence-corrected chi connectivity index (χ0v) is 28.2. The second-order valence-corrected chi connectivity index (χ2v) is 13.6. The Morgan fingerprint density at radius 1 is 0.308 bits per heavy atom. The normalized spacial score (nSPS) is 11.8. The van der Waals surface area contributed by atoms with Gasteiger partial charge in [-0.25, -0.2) is 4.98 Å². The summed E-state index contributed by atoms with van der Waals surface area (Å²) in [6.45, 7) is 0. The molecule has 0 saturated heterocycles. The molecule has 0 aliphatic heterocycles. The van der Waals surface area contributed by atoms with Gasteiger partial charge >= 0.3 is 0 Å². The molecule has 3 heteroatoms. The number of pyridine rings is 1. The van der Waals surface area contributed by atoms with Gasteiger partial charge in [-0.15, -0.1) is 0 Å². The van der Waals surface area contributed by atoms with Crippen LogP contribution in [0.4, 0.5) is 0 Å². The van der Waals surface area contributed by atoms with Gasteiger partial charge in [0.25, 0.3) is 0 Å². The standard InChI is InChI=1S/C49H31N3/c1-3-15-32(16-4-1)33-29-34(47-41-21-7-11-23-43(41)50-44-24-12-8-22-42(44)47)31-36(30-33)52-46-26-14-10-20-38(46)40-28-27-39-37-19-9-13-25-45(37)51(48(39)49(40)52)35-17-5-2-6-18-35/h1-31H. The molecular formula is C49H31N3. The van der Waals surface area contributed by atoms with Gasteiger partial charge in [0.05, 0.1) is 33.1 Å². The number of nitrogens with zero attached hydrogens (tertiary/aromatic N) is 3. The van der Waals surface area contributed by atoms with Crippen molar-refractivity contribution in [2.75, 3.05) is 0 Å². The lowest BCUT2D eigenvalue weighted by molar-refractivity contribution is 1.15. The van der Waals surface area contributed by atoms with E-state index in [1.165, 1.54) is 60.3 Å². The maximum Gasteiger partial charge on any atom is 0.0788 e. The van der Waals surface area contributed by atoms with Gasteiger partial charge < -0.3 is 9.13 Å². The van der Waals surface area contributed by atoms with E-state index in [4.69, 9.17) is 4.98 Å². The first-order valence-corrected chi connectivity index (χ1v) is 17.8. The van der Waals surface area contributed by atoms with Crippen molar-refractivity contribution in [2.24, 2.45) is 0 Å². The van der Waals surface area contributed by atoms with Crippen molar-refractivity contribution in [1.82, 2.24) is 14.1 Å². The van der Waals surface area contributed by atoms with Gasteiger partial charge in [-0.2, -0.15) is 0 Å². The van der Waals surface area contributed by atoms with Gasteiger partial charge in [-0.05, 0) is 71.3 Å². The second kappa shape index (κ2) is 11.3. The Kier molecular flexibility index (Phi) is 6.25. The van der Waals surface area contributed by atoms with Crippen molar-refractivity contribution in [1.29, 1.82) is 0 Å². The molecule has 3 aromatic heterocycles. The summed E-state index contributed by atoms with van der Waals surface area (Å²) in [5.74, 6) is 0. The highest BCUT2D eigenvalue weighted by atomic mass is 15.0. The summed E-state index contributed by atoms with van der Waals surface area (Å²) in [7, 11) is 0. The van der Waals surface area contributed by atoms with E-state index in [-0.39, 0.29) is 0 Å². The van der Waals surface area contributed by atoms with Crippen LogP contribution in [0.2, 0.25) is 0 Å². The molecule has 0 amide bonds. The van der Waals surface area contributed by atoms with Crippen LogP contribution in [-0.4, -0.2) is 14.1 Å². The van der Waals surface area contributed by atoms with Crippen LogP contribution < -0.4 is 0 Å². The molecule has 0 fully saturated rings. The quantitative estimate of drug-likeness (QED) is 0.172. The Morgan fingerprint density at radius 3 is 1.37 bits per heavy atom. The van der Waals surface area contributed by atoms with Crippen LogP contribution in [0.25, 0.3) is 99.0 Å². The lowest BCUT2D eigenvalue weighted by Crippen LogP contribution is -2.00. The van der Waals surface area contributed by atoms with Crippen LogP contribution in [0, 0.1) is 0 Å². The number of para-hydroxylation sites is 5. The fourth-order valence-corrected chi connectivity index (χ4v) is 8.45. The van der Waals surface area contributed by atoms with Crippen LogP contribution in [0.15, 0.2) is 188 Å². The van der Waals surface area contributed by atoms with Gasteiger partial charge in [0.15, 0.2) is 0 Å². The molecule has 8 aromatic carbocycles. The summed E-state index contributed by atoms with van der Waals surface area (Å²) in [6, 6.07) is 68.0.